The van der Waals surface area contributed by atoms with E-state index in [1.807, 2.05) is 30.3 Å². The minimum absolute atomic E-state index is 0.199. The monoisotopic (exact) mass is 249 g/mol. The molecule has 1 aromatic heterocycles. The van der Waals surface area contributed by atoms with Crippen LogP contribution in [0.25, 0.3) is 11.3 Å². The number of rotatable bonds is 3. The summed E-state index contributed by atoms with van der Waals surface area (Å²) in [5.41, 5.74) is 1.05. The lowest BCUT2D eigenvalue weighted by Crippen LogP contribution is -2.00. The fourth-order valence-electron chi connectivity index (χ4n) is 1.57. The maximum Gasteiger partial charge on any atom is 0.181 e. The SMILES string of the molecule is CC(=O)c1c(S(C)=O)noc1-c1ccccc1. The highest BCUT2D eigenvalue weighted by Crippen LogP contribution is 2.27. The molecule has 88 valence electrons. The summed E-state index contributed by atoms with van der Waals surface area (Å²) >= 11 is 0. The molecule has 0 aliphatic heterocycles. The third-order valence-corrected chi connectivity index (χ3v) is 3.14. The summed E-state index contributed by atoms with van der Waals surface area (Å²) in [7, 11) is -1.34. The standard InChI is InChI=1S/C12H11NO3S/c1-8(14)10-11(9-6-4-3-5-7-9)16-13-12(10)17(2)15/h3-7H,1-2H3. The van der Waals surface area contributed by atoms with Crippen LogP contribution in [-0.4, -0.2) is 21.4 Å². The molecule has 0 spiro atoms. The van der Waals surface area contributed by atoms with Gasteiger partial charge >= 0.3 is 0 Å². The largest absolute Gasteiger partial charge is 0.354 e. The van der Waals surface area contributed by atoms with E-state index in [9.17, 15) is 9.00 Å². The first-order chi connectivity index (χ1) is 8.11. The fraction of sp³-hybridized carbons (Fsp3) is 0.167. The van der Waals surface area contributed by atoms with Gasteiger partial charge in [-0.05, 0) is 6.92 Å². The van der Waals surface area contributed by atoms with Crippen molar-refractivity contribution in [2.45, 2.75) is 11.9 Å². The molecule has 0 saturated carbocycles. The molecule has 0 fully saturated rings. The first-order valence-corrected chi connectivity index (χ1v) is 6.56. The Hall–Kier alpha value is -1.75. The van der Waals surface area contributed by atoms with Gasteiger partial charge in [-0.2, -0.15) is 0 Å². The Kier molecular flexibility index (Phi) is 3.19. The van der Waals surface area contributed by atoms with Crippen molar-refractivity contribution in [3.63, 3.8) is 0 Å². The van der Waals surface area contributed by atoms with E-state index in [1.165, 1.54) is 13.2 Å². The Morgan fingerprint density at radius 1 is 1.29 bits per heavy atom. The topological polar surface area (TPSA) is 60.2 Å². The average Bonchev–Trinajstić information content (AvgIpc) is 2.74. The molecule has 0 amide bonds. The molecule has 0 radical (unpaired) electrons. The van der Waals surface area contributed by atoms with E-state index in [0.29, 0.717) is 11.3 Å². The first kappa shape index (κ1) is 11.7. The number of Topliss-reactive ketones (excluding diaryl/α,β-unsaturated/α-hetero) is 1. The highest BCUT2D eigenvalue weighted by molar-refractivity contribution is 7.84. The molecular weight excluding hydrogens is 238 g/mol. The molecule has 1 aromatic carbocycles. The number of benzene rings is 1. The van der Waals surface area contributed by atoms with Crippen LogP contribution in [0.15, 0.2) is 39.9 Å². The summed E-state index contributed by atoms with van der Waals surface area (Å²) in [4.78, 5) is 11.6. The molecule has 1 heterocycles. The van der Waals surface area contributed by atoms with Gasteiger partial charge in [-0.15, -0.1) is 0 Å². The van der Waals surface area contributed by atoms with Gasteiger partial charge in [0.15, 0.2) is 16.6 Å². The van der Waals surface area contributed by atoms with Crippen LogP contribution in [0.4, 0.5) is 0 Å². The molecule has 17 heavy (non-hydrogen) atoms. The minimum Gasteiger partial charge on any atom is -0.354 e. The summed E-state index contributed by atoms with van der Waals surface area (Å²) in [6.07, 6.45) is 1.47. The van der Waals surface area contributed by atoms with Crippen LogP contribution in [0, 0.1) is 0 Å². The van der Waals surface area contributed by atoms with E-state index >= 15 is 0 Å². The van der Waals surface area contributed by atoms with Gasteiger partial charge in [-0.1, -0.05) is 35.5 Å². The zero-order valence-corrected chi connectivity index (χ0v) is 10.3. The summed E-state index contributed by atoms with van der Waals surface area (Å²) < 4.78 is 16.6. The number of aromatic nitrogens is 1. The molecule has 4 nitrogen and oxygen atoms in total. The number of hydrogen-bond donors (Lipinski definition) is 0. The molecule has 0 aliphatic rings. The van der Waals surface area contributed by atoms with Crippen LogP contribution >= 0.6 is 0 Å². The van der Waals surface area contributed by atoms with Gasteiger partial charge in [0.2, 0.25) is 0 Å². The second-order valence-electron chi connectivity index (χ2n) is 3.57. The van der Waals surface area contributed by atoms with Gasteiger partial charge in [0.25, 0.3) is 0 Å². The molecule has 1 atom stereocenters. The van der Waals surface area contributed by atoms with Crippen LogP contribution in [0.2, 0.25) is 0 Å². The van der Waals surface area contributed by atoms with E-state index < -0.39 is 10.8 Å². The van der Waals surface area contributed by atoms with Crippen molar-refractivity contribution < 1.29 is 13.5 Å². The maximum atomic E-state index is 11.6. The lowest BCUT2D eigenvalue weighted by molar-refractivity contribution is 0.101. The van der Waals surface area contributed by atoms with E-state index in [0.717, 1.165) is 5.56 Å². The van der Waals surface area contributed by atoms with Crippen LogP contribution in [0.5, 0.6) is 0 Å². The van der Waals surface area contributed by atoms with Gasteiger partial charge in [-0.25, -0.2) is 0 Å². The summed E-state index contributed by atoms with van der Waals surface area (Å²) in [6.45, 7) is 1.41. The van der Waals surface area contributed by atoms with Crippen LogP contribution < -0.4 is 0 Å². The Morgan fingerprint density at radius 2 is 1.94 bits per heavy atom. The summed E-state index contributed by atoms with van der Waals surface area (Å²) in [5.74, 6) is 0.179. The Bertz CT molecular complexity index is 575. The van der Waals surface area contributed by atoms with E-state index in [-0.39, 0.29) is 10.8 Å². The van der Waals surface area contributed by atoms with Crippen molar-refractivity contribution in [1.29, 1.82) is 0 Å². The third kappa shape index (κ3) is 2.19. The molecule has 0 N–H and O–H groups in total. The molecule has 0 bridgehead atoms. The average molecular weight is 249 g/mol. The predicted octanol–water partition coefficient (Wildman–Crippen LogP) is 2.28. The molecule has 2 aromatic rings. The molecule has 5 heteroatoms. The third-order valence-electron chi connectivity index (χ3n) is 2.32. The second kappa shape index (κ2) is 4.63. The molecule has 0 saturated heterocycles. The Balaban J connectivity index is 2.64. The van der Waals surface area contributed by atoms with Crippen molar-refractivity contribution >= 4 is 16.6 Å². The minimum atomic E-state index is -1.34. The van der Waals surface area contributed by atoms with E-state index in [4.69, 9.17) is 4.52 Å². The number of hydrogen-bond acceptors (Lipinski definition) is 4. The Labute approximate surface area is 101 Å². The van der Waals surface area contributed by atoms with Crippen molar-refractivity contribution in [3.05, 3.63) is 35.9 Å². The van der Waals surface area contributed by atoms with Gasteiger partial charge in [0, 0.05) is 11.8 Å². The highest BCUT2D eigenvalue weighted by Gasteiger charge is 2.23. The zero-order valence-electron chi connectivity index (χ0n) is 9.47. The van der Waals surface area contributed by atoms with Gasteiger partial charge < -0.3 is 4.52 Å². The Morgan fingerprint density at radius 3 is 2.47 bits per heavy atom. The lowest BCUT2D eigenvalue weighted by Gasteiger charge is -1.98. The van der Waals surface area contributed by atoms with Crippen LogP contribution in [-0.2, 0) is 10.8 Å². The summed E-state index contributed by atoms with van der Waals surface area (Å²) in [6, 6.07) is 9.17. The second-order valence-corrected chi connectivity index (χ2v) is 4.86. The molecule has 0 aliphatic carbocycles. The van der Waals surface area contributed by atoms with Crippen molar-refractivity contribution in [1.82, 2.24) is 5.16 Å². The van der Waals surface area contributed by atoms with E-state index in [2.05, 4.69) is 5.16 Å². The lowest BCUT2D eigenvalue weighted by atomic mass is 10.1. The van der Waals surface area contributed by atoms with Gasteiger partial charge in [0.1, 0.15) is 5.56 Å². The van der Waals surface area contributed by atoms with Crippen LogP contribution in [0.1, 0.15) is 17.3 Å². The molecule has 2 rings (SSSR count). The fourth-order valence-corrected chi connectivity index (χ4v) is 2.23. The molecule has 1 unspecified atom stereocenters. The zero-order chi connectivity index (χ0) is 12.4. The van der Waals surface area contributed by atoms with Gasteiger partial charge in [-0.3, -0.25) is 9.00 Å². The number of nitrogens with zero attached hydrogens (tertiary/aromatic N) is 1. The van der Waals surface area contributed by atoms with Crippen LogP contribution in [0.3, 0.4) is 0 Å². The highest BCUT2D eigenvalue weighted by atomic mass is 32.2. The quantitative estimate of drug-likeness (QED) is 0.783. The first-order valence-electron chi connectivity index (χ1n) is 5.00. The molecular formula is C12H11NO3S. The maximum absolute atomic E-state index is 11.6. The smallest absolute Gasteiger partial charge is 0.181 e. The van der Waals surface area contributed by atoms with E-state index in [1.54, 1.807) is 0 Å². The van der Waals surface area contributed by atoms with Crippen molar-refractivity contribution in [3.8, 4) is 11.3 Å². The normalized spacial score (nSPS) is 12.4. The number of carbonyl (C=O) groups is 1. The summed E-state index contributed by atoms with van der Waals surface area (Å²) in [5, 5.41) is 3.92. The van der Waals surface area contributed by atoms with Gasteiger partial charge in [0.05, 0.1) is 10.8 Å². The number of ketones is 1. The number of carbonyl (C=O) groups excluding carboxylic acids is 1. The van der Waals surface area contributed by atoms with Crippen molar-refractivity contribution in [2.75, 3.05) is 6.26 Å². The van der Waals surface area contributed by atoms with Crippen molar-refractivity contribution in [2.24, 2.45) is 0 Å². The predicted molar refractivity (Wildman–Crippen MR) is 64.3 cm³/mol.